The van der Waals surface area contributed by atoms with E-state index in [1.165, 1.54) is 0 Å². The highest BCUT2D eigenvalue weighted by molar-refractivity contribution is 7.92. The van der Waals surface area contributed by atoms with Crippen molar-refractivity contribution in [2.24, 2.45) is 5.92 Å². The Bertz CT molecular complexity index is 302. The maximum atomic E-state index is 11.9. The van der Waals surface area contributed by atoms with Gasteiger partial charge in [0.1, 0.15) is 0 Å². The van der Waals surface area contributed by atoms with Crippen LogP contribution in [0, 0.1) is 5.92 Å². The highest BCUT2D eigenvalue weighted by Crippen LogP contribution is 2.18. The molecule has 0 rings (SSSR count). The highest BCUT2D eigenvalue weighted by Gasteiger charge is 2.28. The predicted octanol–water partition coefficient (Wildman–Crippen LogP) is 2.61. The zero-order valence-electron chi connectivity index (χ0n) is 12.2. The third-order valence-electron chi connectivity index (χ3n) is 2.92. The number of nitrogens with one attached hydrogen (secondary N) is 1. The van der Waals surface area contributed by atoms with E-state index in [-0.39, 0.29) is 0 Å². The second-order valence-electron chi connectivity index (χ2n) is 6.24. The first-order chi connectivity index (χ1) is 7.56. The van der Waals surface area contributed by atoms with Gasteiger partial charge in [-0.1, -0.05) is 20.8 Å². The molecule has 0 aromatic carbocycles. The number of hydrogen-bond acceptors (Lipinski definition) is 3. The van der Waals surface area contributed by atoms with Gasteiger partial charge in [-0.05, 0) is 46.1 Å². The molecule has 0 aromatic heterocycles. The summed E-state index contributed by atoms with van der Waals surface area (Å²) in [5.74, 6) is 0.843. The van der Waals surface area contributed by atoms with Crippen LogP contribution in [0.5, 0.6) is 0 Å². The van der Waals surface area contributed by atoms with Crippen molar-refractivity contribution in [3.05, 3.63) is 0 Å². The number of hydrogen-bond donors (Lipinski definition) is 1. The van der Waals surface area contributed by atoms with Gasteiger partial charge in [-0.15, -0.1) is 0 Å². The minimum Gasteiger partial charge on any atom is -0.314 e. The average Bonchev–Trinajstić information content (AvgIpc) is 2.12. The van der Waals surface area contributed by atoms with Gasteiger partial charge in [0.05, 0.1) is 10.5 Å². The Labute approximate surface area is 107 Å². The average molecular weight is 263 g/mol. The smallest absolute Gasteiger partial charge is 0.155 e. The molecule has 1 N–H and O–H groups in total. The number of rotatable bonds is 7. The normalized spacial score (nSPS) is 15.2. The fourth-order valence-corrected chi connectivity index (χ4v) is 2.63. The molecule has 0 aliphatic carbocycles. The lowest BCUT2D eigenvalue weighted by molar-refractivity contribution is 0.448. The van der Waals surface area contributed by atoms with Crippen molar-refractivity contribution in [3.63, 3.8) is 0 Å². The number of sulfone groups is 1. The zero-order valence-corrected chi connectivity index (χ0v) is 13.0. The van der Waals surface area contributed by atoms with Gasteiger partial charge in [-0.2, -0.15) is 0 Å². The Hall–Kier alpha value is -0.0900. The molecule has 0 aromatic rings. The van der Waals surface area contributed by atoms with Gasteiger partial charge >= 0.3 is 0 Å². The second-order valence-corrected chi connectivity index (χ2v) is 9.10. The minimum absolute atomic E-state index is 0.308. The van der Waals surface area contributed by atoms with Gasteiger partial charge in [0.15, 0.2) is 9.84 Å². The largest absolute Gasteiger partial charge is 0.314 e. The van der Waals surface area contributed by atoms with Gasteiger partial charge in [-0.25, -0.2) is 8.42 Å². The summed E-state index contributed by atoms with van der Waals surface area (Å²) in [6, 6.07) is 0.496. The lowest BCUT2D eigenvalue weighted by Gasteiger charge is -2.20. The van der Waals surface area contributed by atoms with Crippen LogP contribution in [0.3, 0.4) is 0 Å². The fraction of sp³-hybridized carbons (Fsp3) is 1.00. The van der Waals surface area contributed by atoms with Gasteiger partial charge in [0.2, 0.25) is 0 Å². The van der Waals surface area contributed by atoms with Crippen LogP contribution in [-0.4, -0.2) is 31.5 Å². The summed E-state index contributed by atoms with van der Waals surface area (Å²) in [5.41, 5.74) is 0. The SMILES string of the molecule is CC(CCCS(=O)(=O)C(C)(C)C)CNC(C)C. The van der Waals surface area contributed by atoms with Crippen molar-refractivity contribution in [1.29, 1.82) is 0 Å². The first-order valence-corrected chi connectivity index (χ1v) is 8.17. The van der Waals surface area contributed by atoms with Crippen LogP contribution < -0.4 is 5.32 Å². The van der Waals surface area contributed by atoms with Crippen molar-refractivity contribution in [3.8, 4) is 0 Å². The maximum absolute atomic E-state index is 11.9. The maximum Gasteiger partial charge on any atom is 0.155 e. The topological polar surface area (TPSA) is 46.2 Å². The minimum atomic E-state index is -2.95. The van der Waals surface area contributed by atoms with Crippen LogP contribution >= 0.6 is 0 Å². The Kier molecular flexibility index (Phi) is 6.70. The van der Waals surface area contributed by atoms with Crippen LogP contribution in [-0.2, 0) is 9.84 Å². The Morgan fingerprint density at radius 1 is 1.12 bits per heavy atom. The predicted molar refractivity (Wildman–Crippen MR) is 75.1 cm³/mol. The molecular weight excluding hydrogens is 234 g/mol. The van der Waals surface area contributed by atoms with Crippen molar-refractivity contribution >= 4 is 9.84 Å². The molecule has 0 heterocycles. The van der Waals surface area contributed by atoms with E-state index < -0.39 is 14.6 Å². The standard InChI is InChI=1S/C13H29NO2S/c1-11(2)14-10-12(3)8-7-9-17(15,16)13(4,5)6/h11-12,14H,7-10H2,1-6H3. The van der Waals surface area contributed by atoms with Crippen LogP contribution in [0.2, 0.25) is 0 Å². The van der Waals surface area contributed by atoms with Crippen molar-refractivity contribution in [2.75, 3.05) is 12.3 Å². The molecule has 0 bridgehead atoms. The van der Waals surface area contributed by atoms with E-state index in [0.717, 1.165) is 19.4 Å². The molecule has 0 saturated carbocycles. The van der Waals surface area contributed by atoms with E-state index in [1.807, 2.05) is 0 Å². The van der Waals surface area contributed by atoms with Crippen LogP contribution in [0.1, 0.15) is 54.4 Å². The molecule has 3 nitrogen and oxygen atoms in total. The van der Waals surface area contributed by atoms with E-state index in [4.69, 9.17) is 0 Å². The van der Waals surface area contributed by atoms with Gasteiger partial charge in [-0.3, -0.25) is 0 Å². The van der Waals surface area contributed by atoms with E-state index in [2.05, 4.69) is 26.1 Å². The molecule has 1 atom stereocenters. The molecule has 0 fully saturated rings. The van der Waals surface area contributed by atoms with E-state index in [1.54, 1.807) is 20.8 Å². The van der Waals surface area contributed by atoms with Crippen molar-refractivity contribution in [2.45, 2.75) is 65.2 Å². The third kappa shape index (κ3) is 7.04. The van der Waals surface area contributed by atoms with Gasteiger partial charge in [0, 0.05) is 6.04 Å². The monoisotopic (exact) mass is 263 g/mol. The van der Waals surface area contributed by atoms with E-state index in [0.29, 0.717) is 17.7 Å². The molecule has 17 heavy (non-hydrogen) atoms. The van der Waals surface area contributed by atoms with Gasteiger partial charge in [0.25, 0.3) is 0 Å². The summed E-state index contributed by atoms with van der Waals surface area (Å²) in [7, 11) is -2.95. The van der Waals surface area contributed by atoms with E-state index >= 15 is 0 Å². The first kappa shape index (κ1) is 16.9. The molecule has 4 heteroatoms. The molecule has 0 spiro atoms. The summed E-state index contributed by atoms with van der Waals surface area (Å²) in [4.78, 5) is 0. The summed E-state index contributed by atoms with van der Waals surface area (Å²) >= 11 is 0. The lowest BCUT2D eigenvalue weighted by atomic mass is 10.1. The van der Waals surface area contributed by atoms with E-state index in [9.17, 15) is 8.42 Å². The molecule has 0 saturated heterocycles. The molecular formula is C13H29NO2S. The first-order valence-electron chi connectivity index (χ1n) is 6.52. The highest BCUT2D eigenvalue weighted by atomic mass is 32.2. The molecule has 0 aliphatic heterocycles. The lowest BCUT2D eigenvalue weighted by Crippen LogP contribution is -2.31. The Balaban J connectivity index is 3.92. The summed E-state index contributed by atoms with van der Waals surface area (Å²) in [5, 5.41) is 3.37. The molecule has 104 valence electrons. The van der Waals surface area contributed by atoms with Gasteiger partial charge < -0.3 is 5.32 Å². The van der Waals surface area contributed by atoms with Crippen molar-refractivity contribution < 1.29 is 8.42 Å². The van der Waals surface area contributed by atoms with Crippen LogP contribution in [0.25, 0.3) is 0 Å². The van der Waals surface area contributed by atoms with Crippen molar-refractivity contribution in [1.82, 2.24) is 5.32 Å². The summed E-state index contributed by atoms with van der Waals surface area (Å²) < 4.78 is 23.1. The summed E-state index contributed by atoms with van der Waals surface area (Å²) in [6.07, 6.45) is 1.73. The zero-order chi connectivity index (χ0) is 13.7. The molecule has 1 unspecified atom stereocenters. The molecule has 0 radical (unpaired) electrons. The fourth-order valence-electron chi connectivity index (χ4n) is 1.47. The van der Waals surface area contributed by atoms with Crippen LogP contribution in [0.15, 0.2) is 0 Å². The second kappa shape index (κ2) is 6.74. The molecule has 0 aliphatic rings. The summed E-state index contributed by atoms with van der Waals surface area (Å²) in [6.45, 7) is 12.7. The Morgan fingerprint density at radius 3 is 2.06 bits per heavy atom. The third-order valence-corrected chi connectivity index (χ3v) is 5.61. The Morgan fingerprint density at radius 2 is 1.65 bits per heavy atom. The quantitative estimate of drug-likeness (QED) is 0.768. The van der Waals surface area contributed by atoms with Crippen LogP contribution in [0.4, 0.5) is 0 Å². The molecule has 0 amide bonds.